The van der Waals surface area contributed by atoms with E-state index in [1.807, 2.05) is 13.8 Å². The van der Waals surface area contributed by atoms with E-state index in [-0.39, 0.29) is 29.7 Å². The van der Waals surface area contributed by atoms with Crippen molar-refractivity contribution in [3.63, 3.8) is 0 Å². The summed E-state index contributed by atoms with van der Waals surface area (Å²) in [5, 5.41) is 2.73. The summed E-state index contributed by atoms with van der Waals surface area (Å²) in [5.74, 6) is -0.334. The largest absolute Gasteiger partial charge is 0.449 e. The highest BCUT2D eigenvalue weighted by molar-refractivity contribution is 9.10. The predicted molar refractivity (Wildman–Crippen MR) is 72.4 cm³/mol. The molecule has 0 aliphatic carbocycles. The molecule has 1 fully saturated rings. The summed E-state index contributed by atoms with van der Waals surface area (Å²) in [7, 11) is 0. The first-order valence-corrected chi connectivity index (χ1v) is 6.08. The highest BCUT2D eigenvalue weighted by Gasteiger charge is 2.38. The zero-order valence-corrected chi connectivity index (χ0v) is 12.4. The average molecular weight is 339 g/mol. The second-order valence-electron chi connectivity index (χ2n) is 4.82. The van der Waals surface area contributed by atoms with Crippen molar-refractivity contribution in [2.24, 2.45) is 5.41 Å². The summed E-state index contributed by atoms with van der Waals surface area (Å²) in [6, 6.07) is 4.63. The molecule has 1 aromatic rings. The monoisotopic (exact) mass is 337 g/mol. The number of rotatable bonds is 1. The Labute approximate surface area is 120 Å². The van der Waals surface area contributed by atoms with E-state index in [2.05, 4.69) is 21.2 Å². The number of alkyl carbamates (subject to hydrolysis) is 1. The van der Waals surface area contributed by atoms with Gasteiger partial charge in [0, 0.05) is 5.41 Å². The Bertz CT molecular complexity index is 467. The van der Waals surface area contributed by atoms with Crippen LogP contribution in [0.5, 0.6) is 0 Å². The van der Waals surface area contributed by atoms with Crippen molar-refractivity contribution < 1.29 is 13.9 Å². The number of carbonyl (C=O) groups excluding carboxylic acids is 1. The van der Waals surface area contributed by atoms with Gasteiger partial charge >= 0.3 is 6.09 Å². The van der Waals surface area contributed by atoms with Crippen LogP contribution < -0.4 is 5.32 Å². The van der Waals surface area contributed by atoms with Crippen LogP contribution in [0.25, 0.3) is 0 Å². The minimum Gasteiger partial charge on any atom is -0.449 e. The maximum absolute atomic E-state index is 13.5. The molecule has 0 unspecified atom stereocenters. The molecule has 100 valence electrons. The van der Waals surface area contributed by atoms with Gasteiger partial charge in [0.1, 0.15) is 12.4 Å². The standard InChI is InChI=1S/C12H13BrFNO2.ClH/c1-12(2)6-17-11(16)15-10(12)7-3-4-8(13)9(14)5-7;/h3-5,10H,6H2,1-2H3,(H,15,16);1H/t10-;/m0./s1. The Morgan fingerprint density at radius 1 is 1.50 bits per heavy atom. The third kappa shape index (κ3) is 2.95. The van der Waals surface area contributed by atoms with E-state index in [0.29, 0.717) is 11.1 Å². The van der Waals surface area contributed by atoms with E-state index in [1.54, 1.807) is 12.1 Å². The Hall–Kier alpha value is -0.810. The molecule has 18 heavy (non-hydrogen) atoms. The van der Waals surface area contributed by atoms with E-state index >= 15 is 0 Å². The molecule has 1 N–H and O–H groups in total. The van der Waals surface area contributed by atoms with Gasteiger partial charge in [-0.3, -0.25) is 0 Å². The minimum absolute atomic E-state index is 0. The number of nitrogens with one attached hydrogen (secondary N) is 1. The van der Waals surface area contributed by atoms with E-state index in [0.717, 1.165) is 5.56 Å². The summed E-state index contributed by atoms with van der Waals surface area (Å²) in [6.45, 7) is 4.26. The normalized spacial score (nSPS) is 21.6. The van der Waals surface area contributed by atoms with Gasteiger partial charge in [-0.05, 0) is 33.6 Å². The van der Waals surface area contributed by atoms with Gasteiger partial charge in [-0.15, -0.1) is 12.4 Å². The van der Waals surface area contributed by atoms with Crippen LogP contribution in [0.15, 0.2) is 22.7 Å². The Morgan fingerprint density at radius 3 is 2.78 bits per heavy atom. The number of benzene rings is 1. The summed E-state index contributed by atoms with van der Waals surface area (Å²) in [4.78, 5) is 11.3. The smallest absolute Gasteiger partial charge is 0.407 e. The summed E-state index contributed by atoms with van der Waals surface area (Å²) in [5.41, 5.74) is 0.473. The molecule has 0 saturated carbocycles. The van der Waals surface area contributed by atoms with Crippen molar-refractivity contribution in [1.29, 1.82) is 0 Å². The Balaban J connectivity index is 0.00000162. The Morgan fingerprint density at radius 2 is 2.17 bits per heavy atom. The van der Waals surface area contributed by atoms with Gasteiger partial charge in [0.15, 0.2) is 0 Å². The van der Waals surface area contributed by atoms with E-state index in [9.17, 15) is 9.18 Å². The van der Waals surface area contributed by atoms with Gasteiger partial charge in [0.25, 0.3) is 0 Å². The third-order valence-electron chi connectivity index (χ3n) is 2.90. The first kappa shape index (κ1) is 15.2. The molecule has 1 aliphatic heterocycles. The molecule has 1 atom stereocenters. The van der Waals surface area contributed by atoms with Crippen LogP contribution >= 0.6 is 28.3 Å². The van der Waals surface area contributed by atoms with Gasteiger partial charge in [0.05, 0.1) is 10.5 Å². The number of hydrogen-bond acceptors (Lipinski definition) is 2. The van der Waals surface area contributed by atoms with Crippen LogP contribution in [0, 0.1) is 11.2 Å². The first-order chi connectivity index (χ1) is 7.90. The predicted octanol–water partition coefficient (Wildman–Crippen LogP) is 3.82. The number of ether oxygens (including phenoxy) is 1. The van der Waals surface area contributed by atoms with Crippen LogP contribution in [-0.2, 0) is 4.74 Å². The van der Waals surface area contributed by atoms with Crippen molar-refractivity contribution in [1.82, 2.24) is 5.32 Å². The second kappa shape index (κ2) is 5.45. The molecule has 6 heteroatoms. The van der Waals surface area contributed by atoms with Gasteiger partial charge in [0.2, 0.25) is 0 Å². The molecular weight excluding hydrogens is 324 g/mol. The first-order valence-electron chi connectivity index (χ1n) is 5.28. The quantitative estimate of drug-likeness (QED) is 0.845. The molecule has 1 saturated heterocycles. The fourth-order valence-corrected chi connectivity index (χ4v) is 2.16. The number of halogens is 3. The van der Waals surface area contributed by atoms with Crippen molar-refractivity contribution in [2.75, 3.05) is 6.61 Å². The summed E-state index contributed by atoms with van der Waals surface area (Å²) in [6.07, 6.45) is -0.461. The van der Waals surface area contributed by atoms with E-state index < -0.39 is 6.09 Å². The number of amides is 1. The lowest BCUT2D eigenvalue weighted by molar-refractivity contribution is 0.0386. The van der Waals surface area contributed by atoms with E-state index in [1.165, 1.54) is 6.07 Å². The molecule has 1 aromatic carbocycles. The van der Waals surface area contributed by atoms with Gasteiger partial charge in [-0.2, -0.15) is 0 Å². The molecule has 2 rings (SSSR count). The molecule has 3 nitrogen and oxygen atoms in total. The van der Waals surface area contributed by atoms with Crippen molar-refractivity contribution in [3.05, 3.63) is 34.1 Å². The molecule has 0 spiro atoms. The van der Waals surface area contributed by atoms with E-state index in [4.69, 9.17) is 4.74 Å². The van der Waals surface area contributed by atoms with Crippen molar-refractivity contribution in [3.8, 4) is 0 Å². The minimum atomic E-state index is -0.461. The highest BCUT2D eigenvalue weighted by Crippen LogP contribution is 2.37. The van der Waals surface area contributed by atoms with Crippen LogP contribution in [0.2, 0.25) is 0 Å². The molecule has 0 bridgehead atoms. The van der Waals surface area contributed by atoms with Gasteiger partial charge in [-0.1, -0.05) is 19.9 Å². The van der Waals surface area contributed by atoms with Crippen molar-refractivity contribution >= 4 is 34.4 Å². The lowest BCUT2D eigenvalue weighted by atomic mass is 9.80. The van der Waals surface area contributed by atoms with Gasteiger partial charge < -0.3 is 10.1 Å². The Kier molecular flexibility index (Phi) is 4.61. The van der Waals surface area contributed by atoms with Crippen molar-refractivity contribution in [2.45, 2.75) is 19.9 Å². The lowest BCUT2D eigenvalue weighted by Crippen LogP contribution is -2.46. The fraction of sp³-hybridized carbons (Fsp3) is 0.417. The molecular formula is C12H14BrClFNO2. The molecule has 1 heterocycles. The lowest BCUT2D eigenvalue weighted by Gasteiger charge is -2.38. The van der Waals surface area contributed by atoms with Crippen LogP contribution in [0.4, 0.5) is 9.18 Å². The maximum atomic E-state index is 13.5. The molecule has 1 aliphatic rings. The number of carbonyl (C=O) groups is 1. The third-order valence-corrected chi connectivity index (χ3v) is 3.54. The molecule has 1 amide bonds. The SMILES string of the molecule is CC1(C)COC(=O)N[C@H]1c1ccc(Br)c(F)c1.Cl. The topological polar surface area (TPSA) is 38.3 Å². The fourth-order valence-electron chi connectivity index (χ4n) is 1.92. The number of hydrogen-bond donors (Lipinski definition) is 1. The van der Waals surface area contributed by atoms with Crippen LogP contribution in [0.3, 0.4) is 0 Å². The molecule has 0 radical (unpaired) electrons. The van der Waals surface area contributed by atoms with Crippen LogP contribution in [-0.4, -0.2) is 12.7 Å². The zero-order valence-electron chi connectivity index (χ0n) is 10.00. The summed E-state index contributed by atoms with van der Waals surface area (Å²) < 4.78 is 18.9. The molecule has 0 aromatic heterocycles. The second-order valence-corrected chi connectivity index (χ2v) is 5.67. The average Bonchev–Trinajstić information content (AvgIpc) is 2.26. The maximum Gasteiger partial charge on any atom is 0.407 e. The zero-order chi connectivity index (χ0) is 12.6. The highest BCUT2D eigenvalue weighted by atomic mass is 79.9. The van der Waals surface area contributed by atoms with Crippen LogP contribution in [0.1, 0.15) is 25.5 Å². The van der Waals surface area contributed by atoms with Gasteiger partial charge in [-0.25, -0.2) is 9.18 Å². The number of cyclic esters (lactones) is 1. The summed E-state index contributed by atoms with van der Waals surface area (Å²) >= 11 is 3.11.